The first kappa shape index (κ1) is 13.5. The predicted octanol–water partition coefficient (Wildman–Crippen LogP) is 4.00. The van der Waals surface area contributed by atoms with Gasteiger partial charge in [-0.3, -0.25) is 0 Å². The third kappa shape index (κ3) is 4.11. The Morgan fingerprint density at radius 2 is 2.06 bits per heavy atom. The van der Waals surface area contributed by atoms with Crippen molar-refractivity contribution in [2.24, 2.45) is 5.41 Å². The van der Waals surface area contributed by atoms with Gasteiger partial charge in [-0.15, -0.1) is 0 Å². The molecule has 0 spiro atoms. The van der Waals surface area contributed by atoms with Crippen LogP contribution in [0.2, 0.25) is 5.02 Å². The number of rotatable bonds is 5. The summed E-state index contributed by atoms with van der Waals surface area (Å²) in [6, 6.07) is 4.64. The van der Waals surface area contributed by atoms with Crippen molar-refractivity contribution in [2.45, 2.75) is 33.7 Å². The van der Waals surface area contributed by atoms with E-state index in [1.807, 2.05) is 0 Å². The van der Waals surface area contributed by atoms with Crippen LogP contribution < -0.4 is 5.32 Å². The van der Waals surface area contributed by atoms with Crippen LogP contribution in [0.1, 0.15) is 32.8 Å². The number of nitrogens with one attached hydrogen (secondary N) is 1. The van der Waals surface area contributed by atoms with Crippen LogP contribution in [0.4, 0.5) is 4.39 Å². The zero-order valence-corrected chi connectivity index (χ0v) is 10.9. The summed E-state index contributed by atoms with van der Waals surface area (Å²) >= 11 is 5.82. The summed E-state index contributed by atoms with van der Waals surface area (Å²) in [6.07, 6.45) is 1.10. The molecule has 0 saturated carbocycles. The lowest BCUT2D eigenvalue weighted by molar-refractivity contribution is 0.326. The van der Waals surface area contributed by atoms with Gasteiger partial charge in [0, 0.05) is 23.7 Å². The fourth-order valence-corrected chi connectivity index (χ4v) is 1.53. The van der Waals surface area contributed by atoms with Crippen LogP contribution in [0.3, 0.4) is 0 Å². The first-order valence-electron chi connectivity index (χ1n) is 5.59. The highest BCUT2D eigenvalue weighted by Crippen LogP contribution is 2.19. The molecule has 90 valence electrons. The molecule has 16 heavy (non-hydrogen) atoms. The highest BCUT2D eigenvalue weighted by atomic mass is 35.5. The minimum Gasteiger partial charge on any atom is -0.312 e. The predicted molar refractivity (Wildman–Crippen MR) is 67.2 cm³/mol. The van der Waals surface area contributed by atoms with E-state index in [9.17, 15) is 4.39 Å². The summed E-state index contributed by atoms with van der Waals surface area (Å²) < 4.78 is 13.4. The second-order valence-electron chi connectivity index (χ2n) is 4.86. The van der Waals surface area contributed by atoms with Gasteiger partial charge in [0.25, 0.3) is 0 Å². The van der Waals surface area contributed by atoms with Gasteiger partial charge in [-0.1, -0.05) is 32.4 Å². The molecule has 0 atom stereocenters. The van der Waals surface area contributed by atoms with Crippen molar-refractivity contribution in [2.75, 3.05) is 6.54 Å². The van der Waals surface area contributed by atoms with E-state index in [-0.39, 0.29) is 11.2 Å². The zero-order valence-electron chi connectivity index (χ0n) is 10.1. The SMILES string of the molecule is CCC(C)(C)CNCc1cc(Cl)ccc1F. The largest absolute Gasteiger partial charge is 0.312 e. The summed E-state index contributed by atoms with van der Waals surface area (Å²) in [4.78, 5) is 0. The molecule has 0 amide bonds. The molecule has 1 rings (SSSR count). The molecule has 0 saturated heterocycles. The third-order valence-electron chi connectivity index (χ3n) is 2.88. The van der Waals surface area contributed by atoms with Gasteiger partial charge in [0.05, 0.1) is 0 Å². The van der Waals surface area contributed by atoms with E-state index in [1.54, 1.807) is 12.1 Å². The molecule has 1 nitrogen and oxygen atoms in total. The van der Waals surface area contributed by atoms with E-state index in [2.05, 4.69) is 26.1 Å². The van der Waals surface area contributed by atoms with Crippen molar-refractivity contribution in [3.8, 4) is 0 Å². The summed E-state index contributed by atoms with van der Waals surface area (Å²) in [5, 5.41) is 3.84. The molecule has 0 heterocycles. The molecule has 0 aliphatic rings. The standard InChI is InChI=1S/C13H19ClFN/c1-4-13(2,3)9-16-8-10-7-11(14)5-6-12(10)15/h5-7,16H,4,8-9H2,1-3H3. The van der Waals surface area contributed by atoms with Crippen LogP contribution in [0.25, 0.3) is 0 Å². The van der Waals surface area contributed by atoms with Crippen LogP contribution >= 0.6 is 11.6 Å². The van der Waals surface area contributed by atoms with Gasteiger partial charge in [0.1, 0.15) is 5.82 Å². The Hall–Kier alpha value is -0.600. The fourth-order valence-electron chi connectivity index (χ4n) is 1.34. The van der Waals surface area contributed by atoms with Gasteiger partial charge in [-0.25, -0.2) is 4.39 Å². The Bertz CT molecular complexity index is 350. The number of halogens is 2. The van der Waals surface area contributed by atoms with Crippen molar-refractivity contribution >= 4 is 11.6 Å². The highest BCUT2D eigenvalue weighted by molar-refractivity contribution is 6.30. The quantitative estimate of drug-likeness (QED) is 0.824. The molecule has 3 heteroatoms. The maximum Gasteiger partial charge on any atom is 0.127 e. The zero-order chi connectivity index (χ0) is 12.2. The van der Waals surface area contributed by atoms with Crippen LogP contribution in [0.5, 0.6) is 0 Å². The highest BCUT2D eigenvalue weighted by Gasteiger charge is 2.14. The van der Waals surface area contributed by atoms with Crippen LogP contribution in [0, 0.1) is 11.2 Å². The lowest BCUT2D eigenvalue weighted by Gasteiger charge is -2.23. The summed E-state index contributed by atoms with van der Waals surface area (Å²) in [5.74, 6) is -0.203. The topological polar surface area (TPSA) is 12.0 Å². The summed E-state index contributed by atoms with van der Waals surface area (Å²) in [5.41, 5.74) is 0.870. The van der Waals surface area contributed by atoms with Crippen LogP contribution in [-0.2, 0) is 6.54 Å². The molecular formula is C13H19ClFN. The molecule has 0 bridgehead atoms. The molecule has 1 aromatic rings. The number of benzene rings is 1. The monoisotopic (exact) mass is 243 g/mol. The lowest BCUT2D eigenvalue weighted by Crippen LogP contribution is -2.28. The average Bonchev–Trinajstić information content (AvgIpc) is 2.23. The van der Waals surface area contributed by atoms with Crippen molar-refractivity contribution in [1.82, 2.24) is 5.32 Å². The molecule has 0 fully saturated rings. The Labute approximate surface area is 102 Å². The van der Waals surface area contributed by atoms with E-state index < -0.39 is 0 Å². The molecule has 0 unspecified atom stereocenters. The first-order chi connectivity index (χ1) is 7.44. The van der Waals surface area contributed by atoms with E-state index in [4.69, 9.17) is 11.6 Å². The first-order valence-corrected chi connectivity index (χ1v) is 5.97. The lowest BCUT2D eigenvalue weighted by atomic mass is 9.90. The fraction of sp³-hybridized carbons (Fsp3) is 0.538. The third-order valence-corrected chi connectivity index (χ3v) is 3.12. The summed E-state index contributed by atoms with van der Waals surface area (Å²) in [6.45, 7) is 7.93. The Kier molecular flexibility index (Phi) is 4.75. The van der Waals surface area contributed by atoms with Crippen molar-refractivity contribution in [1.29, 1.82) is 0 Å². The molecule has 0 aliphatic heterocycles. The van der Waals surface area contributed by atoms with Crippen molar-refractivity contribution in [3.05, 3.63) is 34.6 Å². The molecule has 1 N–H and O–H groups in total. The Morgan fingerprint density at radius 3 is 2.69 bits per heavy atom. The Balaban J connectivity index is 2.52. The van der Waals surface area contributed by atoms with E-state index in [0.717, 1.165) is 13.0 Å². The maximum absolute atomic E-state index is 13.4. The van der Waals surface area contributed by atoms with Gasteiger partial charge in [-0.2, -0.15) is 0 Å². The molecule has 0 aromatic heterocycles. The van der Waals surface area contributed by atoms with Crippen LogP contribution in [0.15, 0.2) is 18.2 Å². The van der Waals surface area contributed by atoms with Crippen molar-refractivity contribution in [3.63, 3.8) is 0 Å². The molecular weight excluding hydrogens is 225 g/mol. The van der Waals surface area contributed by atoms with Gasteiger partial charge in [0.2, 0.25) is 0 Å². The van der Waals surface area contributed by atoms with Gasteiger partial charge >= 0.3 is 0 Å². The Morgan fingerprint density at radius 1 is 1.38 bits per heavy atom. The summed E-state index contributed by atoms with van der Waals surface area (Å²) in [7, 11) is 0. The molecule has 1 aromatic carbocycles. The van der Waals surface area contributed by atoms with Gasteiger partial charge in [0.15, 0.2) is 0 Å². The smallest absolute Gasteiger partial charge is 0.127 e. The average molecular weight is 244 g/mol. The molecule has 0 aliphatic carbocycles. The molecule has 0 radical (unpaired) electrons. The van der Waals surface area contributed by atoms with E-state index >= 15 is 0 Å². The normalized spacial score (nSPS) is 11.8. The van der Waals surface area contributed by atoms with Crippen molar-refractivity contribution < 1.29 is 4.39 Å². The minimum atomic E-state index is -0.203. The van der Waals surface area contributed by atoms with Crippen LogP contribution in [-0.4, -0.2) is 6.54 Å². The maximum atomic E-state index is 13.4. The number of hydrogen-bond donors (Lipinski definition) is 1. The van der Waals surface area contributed by atoms with Gasteiger partial charge < -0.3 is 5.32 Å². The number of hydrogen-bond acceptors (Lipinski definition) is 1. The van der Waals surface area contributed by atoms with Gasteiger partial charge in [-0.05, 0) is 30.0 Å². The second-order valence-corrected chi connectivity index (χ2v) is 5.29. The minimum absolute atomic E-state index is 0.203. The van der Waals surface area contributed by atoms with E-state index in [1.165, 1.54) is 6.07 Å². The van der Waals surface area contributed by atoms with E-state index in [0.29, 0.717) is 17.1 Å². The second kappa shape index (κ2) is 5.65.